The molecule has 0 aliphatic heterocycles. The van der Waals surface area contributed by atoms with Crippen LogP contribution in [0.5, 0.6) is 0 Å². The molecular weight excluding hydrogens is 222 g/mol. The molecule has 1 aromatic carbocycles. The molecule has 0 aliphatic rings. The molecule has 1 aromatic rings. The van der Waals surface area contributed by atoms with E-state index in [-0.39, 0.29) is 18.6 Å². The number of aliphatic hydroxyl groups excluding tert-OH is 1. The van der Waals surface area contributed by atoms with Crippen LogP contribution in [0.25, 0.3) is 0 Å². The van der Waals surface area contributed by atoms with Crippen LogP contribution in [-0.2, 0) is 6.42 Å². The summed E-state index contributed by atoms with van der Waals surface area (Å²) in [6.45, 7) is 6.83. The minimum absolute atomic E-state index is 0.232. The lowest BCUT2D eigenvalue weighted by atomic mass is 9.90. The zero-order valence-corrected chi connectivity index (χ0v) is 12.1. The van der Waals surface area contributed by atoms with Crippen LogP contribution in [-0.4, -0.2) is 18.8 Å². The predicted molar refractivity (Wildman–Crippen MR) is 77.7 cm³/mol. The SMILES string of the molecule is CCC(CO)C(NC)c1ccc(CC(C)C)cc1. The molecule has 0 saturated heterocycles. The molecule has 0 aliphatic carbocycles. The van der Waals surface area contributed by atoms with Gasteiger partial charge < -0.3 is 10.4 Å². The quantitative estimate of drug-likeness (QED) is 0.778. The molecule has 0 heterocycles. The fraction of sp³-hybridized carbons (Fsp3) is 0.625. The summed E-state index contributed by atoms with van der Waals surface area (Å²) in [6, 6.07) is 9.05. The lowest BCUT2D eigenvalue weighted by Crippen LogP contribution is -2.27. The molecule has 0 saturated carbocycles. The topological polar surface area (TPSA) is 32.3 Å². The standard InChI is InChI=1S/C16H27NO/c1-5-14(11-18)16(17-4)15-8-6-13(7-9-15)10-12(2)3/h6-9,12,14,16-18H,5,10-11H2,1-4H3. The number of rotatable bonds is 7. The van der Waals surface area contributed by atoms with E-state index in [1.165, 1.54) is 11.1 Å². The summed E-state index contributed by atoms with van der Waals surface area (Å²) in [5.74, 6) is 0.975. The Bertz CT molecular complexity index is 327. The van der Waals surface area contributed by atoms with Crippen molar-refractivity contribution in [2.75, 3.05) is 13.7 Å². The molecule has 2 nitrogen and oxygen atoms in total. The van der Waals surface area contributed by atoms with Gasteiger partial charge in [-0.2, -0.15) is 0 Å². The highest BCUT2D eigenvalue weighted by Gasteiger charge is 2.19. The molecule has 0 amide bonds. The van der Waals surface area contributed by atoms with Gasteiger partial charge in [-0.25, -0.2) is 0 Å². The Morgan fingerprint density at radius 1 is 1.17 bits per heavy atom. The first-order valence-electron chi connectivity index (χ1n) is 6.99. The van der Waals surface area contributed by atoms with Crippen molar-refractivity contribution in [3.63, 3.8) is 0 Å². The summed E-state index contributed by atoms with van der Waals surface area (Å²) in [7, 11) is 1.96. The van der Waals surface area contributed by atoms with Crippen LogP contribution >= 0.6 is 0 Å². The van der Waals surface area contributed by atoms with Gasteiger partial charge in [0.2, 0.25) is 0 Å². The number of benzene rings is 1. The summed E-state index contributed by atoms with van der Waals surface area (Å²) in [6.07, 6.45) is 2.11. The van der Waals surface area contributed by atoms with Gasteiger partial charge in [0.15, 0.2) is 0 Å². The number of hydrogen-bond donors (Lipinski definition) is 2. The summed E-state index contributed by atoms with van der Waals surface area (Å²) < 4.78 is 0. The molecule has 2 atom stereocenters. The Hall–Kier alpha value is -0.860. The highest BCUT2D eigenvalue weighted by molar-refractivity contribution is 5.26. The summed E-state index contributed by atoms with van der Waals surface area (Å²) >= 11 is 0. The normalized spacial score (nSPS) is 14.8. The predicted octanol–water partition coefficient (Wildman–Crippen LogP) is 3.16. The lowest BCUT2D eigenvalue weighted by molar-refractivity contribution is 0.189. The second kappa shape index (κ2) is 7.55. The lowest BCUT2D eigenvalue weighted by Gasteiger charge is -2.25. The third kappa shape index (κ3) is 4.11. The van der Waals surface area contributed by atoms with Crippen LogP contribution in [0, 0.1) is 11.8 Å². The maximum Gasteiger partial charge on any atom is 0.0477 e. The van der Waals surface area contributed by atoms with Crippen LogP contribution in [0.4, 0.5) is 0 Å². The van der Waals surface area contributed by atoms with Crippen molar-refractivity contribution >= 4 is 0 Å². The third-order valence-corrected chi connectivity index (χ3v) is 3.52. The van der Waals surface area contributed by atoms with E-state index in [0.29, 0.717) is 5.92 Å². The first-order chi connectivity index (χ1) is 8.62. The Morgan fingerprint density at radius 3 is 2.17 bits per heavy atom. The smallest absolute Gasteiger partial charge is 0.0477 e. The molecule has 2 N–H and O–H groups in total. The van der Waals surface area contributed by atoms with Gasteiger partial charge >= 0.3 is 0 Å². The molecule has 102 valence electrons. The second-order valence-corrected chi connectivity index (χ2v) is 5.46. The van der Waals surface area contributed by atoms with Crippen LogP contribution < -0.4 is 5.32 Å². The molecular formula is C16H27NO. The first-order valence-corrected chi connectivity index (χ1v) is 6.99. The van der Waals surface area contributed by atoms with E-state index in [2.05, 4.69) is 50.4 Å². The van der Waals surface area contributed by atoms with Crippen LogP contribution in [0.3, 0.4) is 0 Å². The van der Waals surface area contributed by atoms with Gasteiger partial charge in [-0.3, -0.25) is 0 Å². The van der Waals surface area contributed by atoms with Gasteiger partial charge in [0.05, 0.1) is 0 Å². The number of nitrogens with one attached hydrogen (secondary N) is 1. The Balaban J connectivity index is 2.81. The van der Waals surface area contributed by atoms with E-state index in [1.54, 1.807) is 0 Å². The average Bonchev–Trinajstić information content (AvgIpc) is 2.36. The van der Waals surface area contributed by atoms with Gasteiger partial charge in [0, 0.05) is 18.6 Å². The molecule has 0 fully saturated rings. The van der Waals surface area contributed by atoms with Crippen molar-refractivity contribution in [3.8, 4) is 0 Å². The highest BCUT2D eigenvalue weighted by atomic mass is 16.3. The van der Waals surface area contributed by atoms with E-state index in [9.17, 15) is 5.11 Å². The summed E-state index contributed by atoms with van der Waals surface area (Å²) in [5, 5.41) is 12.7. The molecule has 0 radical (unpaired) electrons. The Labute approximate surface area is 111 Å². The Kier molecular flexibility index (Phi) is 6.37. The molecule has 1 rings (SSSR count). The van der Waals surface area contributed by atoms with Crippen molar-refractivity contribution in [1.82, 2.24) is 5.32 Å². The van der Waals surface area contributed by atoms with E-state index in [1.807, 2.05) is 7.05 Å². The maximum absolute atomic E-state index is 9.42. The molecule has 2 unspecified atom stereocenters. The zero-order valence-electron chi connectivity index (χ0n) is 12.1. The van der Waals surface area contributed by atoms with E-state index in [0.717, 1.165) is 12.8 Å². The van der Waals surface area contributed by atoms with Gasteiger partial charge in [0.1, 0.15) is 0 Å². The second-order valence-electron chi connectivity index (χ2n) is 5.46. The van der Waals surface area contributed by atoms with Crippen LogP contribution in [0.1, 0.15) is 44.4 Å². The maximum atomic E-state index is 9.42. The fourth-order valence-corrected chi connectivity index (χ4v) is 2.48. The largest absolute Gasteiger partial charge is 0.396 e. The van der Waals surface area contributed by atoms with Gasteiger partial charge in [-0.15, -0.1) is 0 Å². The minimum Gasteiger partial charge on any atom is -0.396 e. The van der Waals surface area contributed by atoms with Crippen molar-refractivity contribution in [2.24, 2.45) is 11.8 Å². The minimum atomic E-state index is 0.232. The van der Waals surface area contributed by atoms with Crippen molar-refractivity contribution in [3.05, 3.63) is 35.4 Å². The van der Waals surface area contributed by atoms with Crippen LogP contribution in [0.15, 0.2) is 24.3 Å². The fourth-order valence-electron chi connectivity index (χ4n) is 2.48. The summed E-state index contributed by atoms with van der Waals surface area (Å²) in [5.41, 5.74) is 2.66. The van der Waals surface area contributed by atoms with E-state index >= 15 is 0 Å². The molecule has 0 spiro atoms. The third-order valence-electron chi connectivity index (χ3n) is 3.52. The average molecular weight is 249 g/mol. The van der Waals surface area contributed by atoms with Crippen molar-refractivity contribution in [1.29, 1.82) is 0 Å². The summed E-state index contributed by atoms with van der Waals surface area (Å²) in [4.78, 5) is 0. The Morgan fingerprint density at radius 2 is 1.78 bits per heavy atom. The van der Waals surface area contributed by atoms with Crippen molar-refractivity contribution < 1.29 is 5.11 Å². The van der Waals surface area contributed by atoms with Gasteiger partial charge in [-0.05, 0) is 36.9 Å². The molecule has 18 heavy (non-hydrogen) atoms. The van der Waals surface area contributed by atoms with Crippen molar-refractivity contribution in [2.45, 2.75) is 39.7 Å². The van der Waals surface area contributed by atoms with Gasteiger partial charge in [0.25, 0.3) is 0 Å². The highest BCUT2D eigenvalue weighted by Crippen LogP contribution is 2.24. The number of hydrogen-bond acceptors (Lipinski definition) is 2. The van der Waals surface area contributed by atoms with E-state index in [4.69, 9.17) is 0 Å². The first kappa shape index (κ1) is 15.2. The zero-order chi connectivity index (χ0) is 13.5. The molecule has 0 aromatic heterocycles. The van der Waals surface area contributed by atoms with Gasteiger partial charge in [-0.1, -0.05) is 45.0 Å². The monoisotopic (exact) mass is 249 g/mol. The molecule has 2 heteroatoms. The van der Waals surface area contributed by atoms with E-state index < -0.39 is 0 Å². The van der Waals surface area contributed by atoms with Crippen LogP contribution in [0.2, 0.25) is 0 Å². The number of aliphatic hydroxyl groups is 1. The molecule has 0 bridgehead atoms.